The van der Waals surface area contributed by atoms with Gasteiger partial charge in [-0.05, 0) is 58.8 Å². The summed E-state index contributed by atoms with van der Waals surface area (Å²) >= 11 is 0. The average Bonchev–Trinajstić information content (AvgIpc) is 2.77. The van der Waals surface area contributed by atoms with E-state index >= 15 is 0 Å². The maximum Gasteiger partial charge on any atom is 0.246 e. The summed E-state index contributed by atoms with van der Waals surface area (Å²) in [5.74, 6) is 0.0115. The summed E-state index contributed by atoms with van der Waals surface area (Å²) in [7, 11) is 0. The molecule has 0 saturated heterocycles. The van der Waals surface area contributed by atoms with Crippen molar-refractivity contribution >= 4 is 11.7 Å². The molecule has 0 saturated carbocycles. The van der Waals surface area contributed by atoms with Crippen molar-refractivity contribution in [1.82, 2.24) is 5.32 Å². The number of ether oxygens (including phenoxy) is 4. The quantitative estimate of drug-likeness (QED) is 0.209. The van der Waals surface area contributed by atoms with Crippen LogP contribution < -0.4 is 5.32 Å². The number of halogens is 1. The zero-order chi connectivity index (χ0) is 24.7. The van der Waals surface area contributed by atoms with E-state index in [2.05, 4.69) is 5.32 Å². The minimum absolute atomic E-state index is 0.0285. The van der Waals surface area contributed by atoms with Crippen molar-refractivity contribution in [2.45, 2.75) is 91.3 Å². The van der Waals surface area contributed by atoms with Crippen LogP contribution in [0.1, 0.15) is 79.1 Å². The monoisotopic (exact) mass is 477 g/mol. The number of hydrogen-bond acceptors (Lipinski definition) is 6. The van der Waals surface area contributed by atoms with Crippen LogP contribution in [0.15, 0.2) is 0 Å². The van der Waals surface area contributed by atoms with Gasteiger partial charge in [0.15, 0.2) is 0 Å². The second-order valence-electron chi connectivity index (χ2n) is 8.89. The maximum atomic E-state index is 13.7. The van der Waals surface area contributed by atoms with Crippen LogP contribution in [0.25, 0.3) is 0 Å². The summed E-state index contributed by atoms with van der Waals surface area (Å²) in [6, 6.07) is 0. The van der Waals surface area contributed by atoms with E-state index in [1.54, 1.807) is 0 Å². The topological polar surface area (TPSA) is 83.1 Å². The third-order valence-corrected chi connectivity index (χ3v) is 4.93. The van der Waals surface area contributed by atoms with Gasteiger partial charge in [0.1, 0.15) is 18.6 Å². The lowest BCUT2D eigenvalue weighted by Crippen LogP contribution is -2.29. The van der Waals surface area contributed by atoms with Gasteiger partial charge in [-0.25, -0.2) is 4.39 Å². The second-order valence-corrected chi connectivity index (χ2v) is 8.89. The normalized spacial score (nSPS) is 12.5. The molecule has 0 bridgehead atoms. The Bertz CT molecular complexity index is 476. The molecule has 1 N–H and O–H groups in total. The summed E-state index contributed by atoms with van der Waals surface area (Å²) in [6.45, 7) is 11.4. The minimum Gasteiger partial charge on any atom is -0.379 e. The van der Waals surface area contributed by atoms with Crippen molar-refractivity contribution in [3.8, 4) is 0 Å². The first kappa shape index (κ1) is 31.9. The van der Waals surface area contributed by atoms with E-state index in [1.807, 2.05) is 27.7 Å². The number of nitrogens with one attached hydrogen (secondary N) is 1. The van der Waals surface area contributed by atoms with E-state index in [0.717, 1.165) is 38.5 Å². The SMILES string of the molecule is CC(C)OCC(=O)NCCCCCOCCOCCCCCOCC(F)CCC(=O)C(C)C. The smallest absolute Gasteiger partial charge is 0.246 e. The van der Waals surface area contributed by atoms with Gasteiger partial charge in [0.2, 0.25) is 5.91 Å². The Kier molecular flexibility index (Phi) is 21.9. The standard InChI is InChI=1S/C25H48FNO6/c1-21(2)24(28)12-11-23(26)19-32-16-10-6-9-15-31-18-17-30-14-8-5-7-13-27-25(29)20-33-22(3)4/h21-23H,5-20H2,1-4H3,(H,27,29). The van der Waals surface area contributed by atoms with Gasteiger partial charge in [-0.3, -0.25) is 9.59 Å². The van der Waals surface area contributed by atoms with E-state index < -0.39 is 6.17 Å². The molecular formula is C25H48FNO6. The molecule has 0 rings (SSSR count). The van der Waals surface area contributed by atoms with E-state index in [-0.39, 0.29) is 49.8 Å². The maximum absolute atomic E-state index is 13.7. The number of alkyl halides is 1. The number of hydrogen-bond donors (Lipinski definition) is 1. The van der Waals surface area contributed by atoms with Crippen LogP contribution in [-0.4, -0.2) is 76.8 Å². The van der Waals surface area contributed by atoms with Crippen molar-refractivity contribution < 1.29 is 32.9 Å². The van der Waals surface area contributed by atoms with Crippen molar-refractivity contribution in [3.05, 3.63) is 0 Å². The first-order valence-corrected chi connectivity index (χ1v) is 12.6. The first-order valence-electron chi connectivity index (χ1n) is 12.6. The molecule has 0 radical (unpaired) electrons. The first-order chi connectivity index (χ1) is 15.8. The third-order valence-electron chi connectivity index (χ3n) is 4.93. The minimum atomic E-state index is -1.06. The molecular weight excluding hydrogens is 429 g/mol. The van der Waals surface area contributed by atoms with Crippen LogP contribution in [0.4, 0.5) is 4.39 Å². The summed E-state index contributed by atoms with van der Waals surface area (Å²) in [5, 5.41) is 2.84. The van der Waals surface area contributed by atoms with Crippen LogP contribution in [-0.2, 0) is 28.5 Å². The van der Waals surface area contributed by atoms with Gasteiger partial charge in [-0.1, -0.05) is 13.8 Å². The Labute approximate surface area is 200 Å². The molecule has 0 spiro atoms. The van der Waals surface area contributed by atoms with Crippen LogP contribution in [0.2, 0.25) is 0 Å². The molecule has 0 fully saturated rings. The summed E-state index contributed by atoms with van der Waals surface area (Å²) in [4.78, 5) is 23.0. The molecule has 0 aliphatic heterocycles. The number of unbranched alkanes of at least 4 members (excludes halogenated alkanes) is 4. The molecule has 8 heteroatoms. The highest BCUT2D eigenvalue weighted by Gasteiger charge is 2.12. The number of Topliss-reactive ketones (excluding diaryl/α,β-unsaturated/α-hetero) is 1. The molecule has 1 amide bonds. The highest BCUT2D eigenvalue weighted by molar-refractivity contribution is 5.80. The highest BCUT2D eigenvalue weighted by atomic mass is 19.1. The van der Waals surface area contributed by atoms with Crippen LogP contribution in [0, 0.1) is 5.92 Å². The van der Waals surface area contributed by atoms with Gasteiger partial charge in [0.25, 0.3) is 0 Å². The van der Waals surface area contributed by atoms with Gasteiger partial charge >= 0.3 is 0 Å². The molecule has 0 aliphatic carbocycles. The van der Waals surface area contributed by atoms with Crippen LogP contribution >= 0.6 is 0 Å². The Morgan fingerprint density at radius 3 is 1.94 bits per heavy atom. The number of amides is 1. The molecule has 0 aliphatic rings. The third kappa shape index (κ3) is 23.9. The lowest BCUT2D eigenvalue weighted by molar-refractivity contribution is -0.127. The summed E-state index contributed by atoms with van der Waals surface area (Å²) < 4.78 is 35.3. The van der Waals surface area contributed by atoms with Gasteiger partial charge in [-0.2, -0.15) is 0 Å². The predicted octanol–water partition coefficient (Wildman–Crippen LogP) is 4.26. The van der Waals surface area contributed by atoms with Crippen molar-refractivity contribution in [2.75, 3.05) is 52.8 Å². The number of carbonyl (C=O) groups is 2. The summed E-state index contributed by atoms with van der Waals surface area (Å²) in [5.41, 5.74) is 0. The molecule has 0 heterocycles. The van der Waals surface area contributed by atoms with Gasteiger partial charge < -0.3 is 24.3 Å². The zero-order valence-corrected chi connectivity index (χ0v) is 21.4. The van der Waals surface area contributed by atoms with Crippen LogP contribution in [0.5, 0.6) is 0 Å². The molecule has 1 unspecified atom stereocenters. The Hall–Kier alpha value is -1.09. The lowest BCUT2D eigenvalue weighted by Gasteiger charge is -2.10. The molecule has 0 aromatic rings. The lowest BCUT2D eigenvalue weighted by atomic mass is 10.0. The fourth-order valence-electron chi connectivity index (χ4n) is 2.82. The van der Waals surface area contributed by atoms with Gasteiger partial charge in [0.05, 0.1) is 25.9 Å². The van der Waals surface area contributed by atoms with E-state index in [9.17, 15) is 14.0 Å². The number of rotatable bonds is 24. The predicted molar refractivity (Wildman–Crippen MR) is 128 cm³/mol. The van der Waals surface area contributed by atoms with E-state index in [4.69, 9.17) is 18.9 Å². The molecule has 196 valence electrons. The van der Waals surface area contributed by atoms with Crippen molar-refractivity contribution in [1.29, 1.82) is 0 Å². The second kappa shape index (κ2) is 22.7. The summed E-state index contributed by atoms with van der Waals surface area (Å²) in [6.07, 6.45) is 5.24. The van der Waals surface area contributed by atoms with E-state index in [1.165, 1.54) is 0 Å². The fourth-order valence-corrected chi connectivity index (χ4v) is 2.82. The van der Waals surface area contributed by atoms with Crippen molar-refractivity contribution in [3.63, 3.8) is 0 Å². The zero-order valence-electron chi connectivity index (χ0n) is 21.4. The largest absolute Gasteiger partial charge is 0.379 e. The molecule has 1 atom stereocenters. The highest BCUT2D eigenvalue weighted by Crippen LogP contribution is 2.08. The van der Waals surface area contributed by atoms with Gasteiger partial charge in [-0.15, -0.1) is 0 Å². The Morgan fingerprint density at radius 1 is 0.788 bits per heavy atom. The van der Waals surface area contributed by atoms with Crippen molar-refractivity contribution in [2.24, 2.45) is 5.92 Å². The Balaban J connectivity index is 3.22. The average molecular weight is 478 g/mol. The number of ketones is 1. The molecule has 33 heavy (non-hydrogen) atoms. The van der Waals surface area contributed by atoms with Crippen LogP contribution in [0.3, 0.4) is 0 Å². The van der Waals surface area contributed by atoms with E-state index in [0.29, 0.717) is 39.6 Å². The molecule has 0 aromatic heterocycles. The number of carbonyl (C=O) groups excluding carboxylic acids is 2. The molecule has 7 nitrogen and oxygen atoms in total. The van der Waals surface area contributed by atoms with Gasteiger partial charge in [0, 0.05) is 38.7 Å². The molecule has 0 aromatic carbocycles. The fraction of sp³-hybridized carbons (Fsp3) is 0.920. The Morgan fingerprint density at radius 2 is 1.36 bits per heavy atom.